The average molecular weight is 267 g/mol. The van der Waals surface area contributed by atoms with Gasteiger partial charge < -0.3 is 10.1 Å². The molecule has 104 valence electrons. The zero-order chi connectivity index (χ0) is 13.3. The first-order valence-corrected chi connectivity index (χ1v) is 7.00. The summed E-state index contributed by atoms with van der Waals surface area (Å²) in [4.78, 5) is 0. The molecule has 2 aliphatic rings. The van der Waals surface area contributed by atoms with Crippen LogP contribution >= 0.6 is 0 Å². The predicted octanol–water partition coefficient (Wildman–Crippen LogP) is 3.33. The van der Waals surface area contributed by atoms with Crippen molar-refractivity contribution in [2.24, 2.45) is 0 Å². The van der Waals surface area contributed by atoms with Crippen molar-refractivity contribution in [2.45, 2.75) is 43.7 Å². The van der Waals surface area contributed by atoms with E-state index in [4.69, 9.17) is 4.74 Å². The number of rotatable bonds is 1. The molecule has 19 heavy (non-hydrogen) atoms. The summed E-state index contributed by atoms with van der Waals surface area (Å²) < 4.78 is 32.5. The summed E-state index contributed by atoms with van der Waals surface area (Å²) in [6, 6.07) is 3.69. The Morgan fingerprint density at radius 1 is 1.16 bits per heavy atom. The lowest BCUT2D eigenvalue weighted by Crippen LogP contribution is -2.55. The molecule has 3 rings (SSSR count). The maximum absolute atomic E-state index is 13.7. The van der Waals surface area contributed by atoms with Crippen molar-refractivity contribution < 1.29 is 13.5 Å². The molecule has 1 saturated carbocycles. The topological polar surface area (TPSA) is 21.3 Å². The summed E-state index contributed by atoms with van der Waals surface area (Å²) in [6.45, 7) is 1.22. The van der Waals surface area contributed by atoms with Crippen molar-refractivity contribution in [2.75, 3.05) is 13.2 Å². The van der Waals surface area contributed by atoms with Crippen molar-refractivity contribution in [1.29, 1.82) is 0 Å². The molecule has 1 saturated heterocycles. The van der Waals surface area contributed by atoms with Gasteiger partial charge >= 0.3 is 0 Å². The third kappa shape index (κ3) is 2.65. The van der Waals surface area contributed by atoms with E-state index in [0.29, 0.717) is 18.7 Å². The van der Waals surface area contributed by atoms with E-state index in [9.17, 15) is 8.78 Å². The molecule has 1 atom stereocenters. The minimum atomic E-state index is -0.547. The Morgan fingerprint density at radius 3 is 2.58 bits per heavy atom. The zero-order valence-corrected chi connectivity index (χ0v) is 10.9. The molecule has 0 amide bonds. The molecule has 2 nitrogen and oxygen atoms in total. The highest BCUT2D eigenvalue weighted by atomic mass is 19.1. The Balaban J connectivity index is 1.69. The molecule has 1 N–H and O–H groups in total. The monoisotopic (exact) mass is 267 g/mol. The Kier molecular flexibility index (Phi) is 3.54. The molecule has 0 bridgehead atoms. The first-order valence-electron chi connectivity index (χ1n) is 7.00. The van der Waals surface area contributed by atoms with Crippen LogP contribution in [0.2, 0.25) is 0 Å². The number of halogens is 2. The van der Waals surface area contributed by atoms with Crippen LogP contribution in [-0.2, 0) is 4.74 Å². The van der Waals surface area contributed by atoms with Crippen LogP contribution in [0, 0.1) is 11.6 Å². The fourth-order valence-electron chi connectivity index (χ4n) is 3.19. The summed E-state index contributed by atoms with van der Waals surface area (Å²) in [7, 11) is 0. The third-order valence-electron chi connectivity index (χ3n) is 4.34. The molecule has 1 spiro atoms. The quantitative estimate of drug-likeness (QED) is 0.842. The second kappa shape index (κ2) is 5.17. The number of hydrogen-bond acceptors (Lipinski definition) is 2. The van der Waals surface area contributed by atoms with Gasteiger partial charge in [0.2, 0.25) is 0 Å². The first kappa shape index (κ1) is 13.0. The molecule has 2 fully saturated rings. The molecule has 0 radical (unpaired) electrons. The van der Waals surface area contributed by atoms with Gasteiger partial charge in [0.25, 0.3) is 0 Å². The fourth-order valence-corrected chi connectivity index (χ4v) is 3.19. The van der Waals surface area contributed by atoms with Crippen molar-refractivity contribution in [1.82, 2.24) is 5.32 Å². The number of benzene rings is 1. The molecule has 1 aliphatic carbocycles. The van der Waals surface area contributed by atoms with E-state index in [1.165, 1.54) is 31.4 Å². The van der Waals surface area contributed by atoms with Gasteiger partial charge in [0.15, 0.2) is 0 Å². The lowest BCUT2D eigenvalue weighted by atomic mass is 9.81. The minimum Gasteiger partial charge on any atom is -0.370 e. The first-order chi connectivity index (χ1) is 9.19. The van der Waals surface area contributed by atoms with Gasteiger partial charge in [-0.3, -0.25) is 0 Å². The standard InChI is InChI=1S/C15H19F2NO/c16-11-4-5-12(13(17)8-11)14-9-18-15(10-19-14)6-2-1-3-7-15/h4-5,8,14,18H,1-3,6-7,9-10H2. The second-order valence-corrected chi connectivity index (χ2v) is 5.69. The molecule has 4 heteroatoms. The van der Waals surface area contributed by atoms with Crippen molar-refractivity contribution in [3.63, 3.8) is 0 Å². The SMILES string of the molecule is Fc1ccc(C2CNC3(CCCCC3)CO2)c(F)c1. The van der Waals surface area contributed by atoms with E-state index in [2.05, 4.69) is 5.32 Å². The van der Waals surface area contributed by atoms with Crippen LogP contribution in [0.15, 0.2) is 18.2 Å². The van der Waals surface area contributed by atoms with Crippen LogP contribution in [0.5, 0.6) is 0 Å². The fraction of sp³-hybridized carbons (Fsp3) is 0.600. The summed E-state index contributed by atoms with van der Waals surface area (Å²) in [5, 5.41) is 3.54. The molecule has 1 aliphatic heterocycles. The van der Waals surface area contributed by atoms with E-state index >= 15 is 0 Å². The molecule has 1 aromatic carbocycles. The minimum absolute atomic E-state index is 0.0885. The highest BCUT2D eigenvalue weighted by Crippen LogP contribution is 2.34. The Hall–Kier alpha value is -1.00. The van der Waals surface area contributed by atoms with Crippen molar-refractivity contribution in [3.8, 4) is 0 Å². The van der Waals surface area contributed by atoms with Crippen LogP contribution in [0.4, 0.5) is 8.78 Å². The van der Waals surface area contributed by atoms with Crippen LogP contribution in [0.25, 0.3) is 0 Å². The van der Waals surface area contributed by atoms with Gasteiger partial charge in [-0.05, 0) is 18.9 Å². The number of morpholine rings is 1. The zero-order valence-electron chi connectivity index (χ0n) is 10.9. The van der Waals surface area contributed by atoms with Crippen molar-refractivity contribution in [3.05, 3.63) is 35.4 Å². The molecular formula is C15H19F2NO. The van der Waals surface area contributed by atoms with Gasteiger partial charge in [0.1, 0.15) is 11.6 Å². The van der Waals surface area contributed by atoms with Crippen LogP contribution in [-0.4, -0.2) is 18.7 Å². The second-order valence-electron chi connectivity index (χ2n) is 5.69. The normalized spacial score (nSPS) is 26.5. The van der Waals surface area contributed by atoms with E-state index in [1.54, 1.807) is 0 Å². The van der Waals surface area contributed by atoms with Crippen molar-refractivity contribution >= 4 is 0 Å². The Bertz CT molecular complexity index is 447. The van der Waals surface area contributed by atoms with Crippen LogP contribution < -0.4 is 5.32 Å². The Morgan fingerprint density at radius 2 is 1.95 bits per heavy atom. The smallest absolute Gasteiger partial charge is 0.131 e. The summed E-state index contributed by atoms with van der Waals surface area (Å²) in [6.07, 6.45) is 5.70. The van der Waals surface area contributed by atoms with Gasteiger partial charge in [-0.15, -0.1) is 0 Å². The molecule has 1 unspecified atom stereocenters. The summed E-state index contributed by atoms with van der Waals surface area (Å²) in [5.41, 5.74) is 0.533. The average Bonchev–Trinajstić information content (AvgIpc) is 2.41. The van der Waals surface area contributed by atoms with Crippen LogP contribution in [0.1, 0.15) is 43.8 Å². The van der Waals surface area contributed by atoms with E-state index in [1.807, 2.05) is 0 Å². The largest absolute Gasteiger partial charge is 0.370 e. The molecule has 1 heterocycles. The van der Waals surface area contributed by atoms with Gasteiger partial charge in [0, 0.05) is 23.7 Å². The molecule has 0 aromatic heterocycles. The maximum Gasteiger partial charge on any atom is 0.131 e. The maximum atomic E-state index is 13.7. The summed E-state index contributed by atoms with van der Waals surface area (Å²) >= 11 is 0. The van der Waals surface area contributed by atoms with Gasteiger partial charge in [-0.25, -0.2) is 8.78 Å². The lowest BCUT2D eigenvalue weighted by Gasteiger charge is -2.43. The highest BCUT2D eigenvalue weighted by Gasteiger charge is 2.37. The van der Waals surface area contributed by atoms with E-state index in [-0.39, 0.29) is 11.6 Å². The van der Waals surface area contributed by atoms with Gasteiger partial charge in [-0.1, -0.05) is 25.3 Å². The van der Waals surface area contributed by atoms with E-state index < -0.39 is 11.6 Å². The highest BCUT2D eigenvalue weighted by molar-refractivity contribution is 5.22. The molecular weight excluding hydrogens is 248 g/mol. The van der Waals surface area contributed by atoms with Gasteiger partial charge in [0.05, 0.1) is 12.7 Å². The number of nitrogens with one attached hydrogen (secondary N) is 1. The summed E-state index contributed by atoms with van der Waals surface area (Å²) in [5.74, 6) is -1.07. The van der Waals surface area contributed by atoms with E-state index in [0.717, 1.165) is 18.9 Å². The van der Waals surface area contributed by atoms with Gasteiger partial charge in [-0.2, -0.15) is 0 Å². The third-order valence-corrected chi connectivity index (χ3v) is 4.34. The predicted molar refractivity (Wildman–Crippen MR) is 68.9 cm³/mol. The Labute approximate surface area is 112 Å². The number of hydrogen-bond donors (Lipinski definition) is 1. The lowest BCUT2D eigenvalue weighted by molar-refractivity contribution is -0.0480. The molecule has 1 aromatic rings. The van der Waals surface area contributed by atoms with Crippen LogP contribution in [0.3, 0.4) is 0 Å². The number of ether oxygens (including phenoxy) is 1.